The Balaban J connectivity index is 1.95. The zero-order valence-electron chi connectivity index (χ0n) is 9.75. The molecule has 1 fully saturated rings. The molecule has 1 aromatic heterocycles. The third-order valence-corrected chi connectivity index (χ3v) is 3.49. The summed E-state index contributed by atoms with van der Waals surface area (Å²) in [6, 6.07) is 2.20. The number of aryl methyl sites for hydroxylation is 1. The second kappa shape index (κ2) is 5.89. The number of guanidine groups is 1. The van der Waals surface area contributed by atoms with Crippen LogP contribution in [0, 0.1) is 0 Å². The predicted molar refractivity (Wildman–Crippen MR) is 70.6 cm³/mol. The molecule has 0 aromatic carbocycles. The van der Waals surface area contributed by atoms with Gasteiger partial charge < -0.3 is 10.6 Å². The van der Waals surface area contributed by atoms with Gasteiger partial charge in [-0.2, -0.15) is 0 Å². The Morgan fingerprint density at radius 1 is 1.38 bits per heavy atom. The Hall–Kier alpha value is -1.03. The molecule has 1 aliphatic heterocycles. The summed E-state index contributed by atoms with van der Waals surface area (Å²) in [4.78, 5) is 4.56. The predicted octanol–water partition coefficient (Wildman–Crippen LogP) is 2.66. The molecule has 16 heavy (non-hydrogen) atoms. The minimum Gasteiger partial charge on any atom is -0.356 e. The molecule has 0 aliphatic carbocycles. The highest BCUT2D eigenvalue weighted by molar-refractivity contribution is 7.14. The smallest absolute Gasteiger partial charge is 0.197 e. The van der Waals surface area contributed by atoms with Crippen molar-refractivity contribution in [1.82, 2.24) is 10.6 Å². The van der Waals surface area contributed by atoms with E-state index in [1.54, 1.807) is 11.3 Å². The Morgan fingerprint density at radius 3 is 2.94 bits per heavy atom. The highest BCUT2D eigenvalue weighted by atomic mass is 32.1. The van der Waals surface area contributed by atoms with Crippen molar-refractivity contribution in [1.29, 1.82) is 0 Å². The second-order valence-electron chi connectivity index (χ2n) is 4.06. The molecule has 4 heteroatoms. The van der Waals surface area contributed by atoms with E-state index in [-0.39, 0.29) is 0 Å². The fourth-order valence-corrected chi connectivity index (χ4v) is 2.51. The fourth-order valence-electron chi connectivity index (χ4n) is 1.69. The third kappa shape index (κ3) is 3.23. The number of unbranched alkanes of at least 4 members (excludes halogenated alkanes) is 1. The van der Waals surface area contributed by atoms with Crippen LogP contribution >= 0.6 is 11.3 Å². The van der Waals surface area contributed by atoms with Gasteiger partial charge in [-0.3, -0.25) is 0 Å². The number of nitrogens with one attached hydrogen (secondary N) is 2. The number of hydrogen-bond donors (Lipinski definition) is 2. The van der Waals surface area contributed by atoms with Gasteiger partial charge in [0.1, 0.15) is 5.00 Å². The molecule has 0 spiro atoms. The first-order valence-electron chi connectivity index (χ1n) is 6.02. The third-order valence-electron chi connectivity index (χ3n) is 2.62. The van der Waals surface area contributed by atoms with Crippen molar-refractivity contribution in [2.45, 2.75) is 32.6 Å². The zero-order valence-corrected chi connectivity index (χ0v) is 10.6. The van der Waals surface area contributed by atoms with Gasteiger partial charge in [0, 0.05) is 13.1 Å². The maximum atomic E-state index is 4.56. The highest BCUT2D eigenvalue weighted by Crippen LogP contribution is 2.24. The molecule has 0 bridgehead atoms. The molecule has 1 aliphatic rings. The van der Waals surface area contributed by atoms with Crippen LogP contribution in [-0.2, 0) is 6.42 Å². The van der Waals surface area contributed by atoms with Crippen molar-refractivity contribution in [2.24, 2.45) is 4.99 Å². The van der Waals surface area contributed by atoms with E-state index >= 15 is 0 Å². The lowest BCUT2D eigenvalue weighted by molar-refractivity contribution is 0.669. The topological polar surface area (TPSA) is 36.4 Å². The fraction of sp³-hybridized carbons (Fsp3) is 0.583. The molecular formula is C12H19N3S. The van der Waals surface area contributed by atoms with E-state index < -0.39 is 0 Å². The van der Waals surface area contributed by atoms with Gasteiger partial charge in [0.05, 0.1) is 0 Å². The number of nitrogens with zero attached hydrogens (tertiary/aromatic N) is 1. The van der Waals surface area contributed by atoms with Crippen molar-refractivity contribution in [3.05, 3.63) is 17.0 Å². The zero-order chi connectivity index (χ0) is 11.2. The highest BCUT2D eigenvalue weighted by Gasteiger charge is 2.05. The summed E-state index contributed by atoms with van der Waals surface area (Å²) in [6.07, 6.45) is 4.87. The Morgan fingerprint density at radius 2 is 2.19 bits per heavy atom. The summed E-state index contributed by atoms with van der Waals surface area (Å²) in [5.74, 6) is 0.926. The van der Waals surface area contributed by atoms with Gasteiger partial charge in [0.2, 0.25) is 0 Å². The van der Waals surface area contributed by atoms with E-state index in [1.807, 2.05) is 0 Å². The van der Waals surface area contributed by atoms with Gasteiger partial charge in [-0.05, 0) is 36.3 Å². The van der Waals surface area contributed by atoms with E-state index in [2.05, 4.69) is 34.0 Å². The SMILES string of the molecule is CCCCc1csc(N=C2NCCCN2)c1. The van der Waals surface area contributed by atoms with Crippen molar-refractivity contribution in [2.75, 3.05) is 13.1 Å². The summed E-state index contributed by atoms with van der Waals surface area (Å²) in [7, 11) is 0. The van der Waals surface area contributed by atoms with Crippen molar-refractivity contribution in [3.8, 4) is 0 Å². The molecule has 2 rings (SSSR count). The molecule has 0 unspecified atom stereocenters. The molecule has 0 radical (unpaired) electrons. The maximum absolute atomic E-state index is 4.56. The summed E-state index contributed by atoms with van der Waals surface area (Å²) >= 11 is 1.73. The lowest BCUT2D eigenvalue weighted by atomic mass is 10.1. The first-order chi connectivity index (χ1) is 7.88. The maximum Gasteiger partial charge on any atom is 0.197 e. The van der Waals surface area contributed by atoms with Crippen molar-refractivity contribution in [3.63, 3.8) is 0 Å². The molecule has 2 heterocycles. The molecule has 0 amide bonds. The number of thiophene rings is 1. The number of rotatable bonds is 4. The lowest BCUT2D eigenvalue weighted by Gasteiger charge is -2.16. The van der Waals surface area contributed by atoms with Crippen LogP contribution in [0.3, 0.4) is 0 Å². The van der Waals surface area contributed by atoms with E-state index in [9.17, 15) is 0 Å². The lowest BCUT2D eigenvalue weighted by Crippen LogP contribution is -2.43. The molecule has 1 aromatic rings. The first kappa shape index (κ1) is 11.5. The monoisotopic (exact) mass is 237 g/mol. The Bertz CT molecular complexity index is 349. The van der Waals surface area contributed by atoms with Crippen molar-refractivity contribution >= 4 is 22.3 Å². The van der Waals surface area contributed by atoms with Gasteiger partial charge in [-0.15, -0.1) is 11.3 Å². The standard InChI is InChI=1S/C12H19N3S/c1-2-3-5-10-8-11(16-9-10)15-12-13-6-4-7-14-12/h8-9H,2-7H2,1H3,(H2,13,14,15). The summed E-state index contributed by atoms with van der Waals surface area (Å²) in [6.45, 7) is 4.28. The summed E-state index contributed by atoms with van der Waals surface area (Å²) < 4.78 is 0. The van der Waals surface area contributed by atoms with Crippen LogP contribution in [0.4, 0.5) is 5.00 Å². The minimum absolute atomic E-state index is 0.926. The quantitative estimate of drug-likeness (QED) is 0.844. The normalized spacial score (nSPS) is 15.4. The van der Waals surface area contributed by atoms with Crippen LogP contribution in [0.2, 0.25) is 0 Å². The summed E-state index contributed by atoms with van der Waals surface area (Å²) in [5.41, 5.74) is 1.42. The molecule has 0 saturated carbocycles. The molecule has 3 nitrogen and oxygen atoms in total. The van der Waals surface area contributed by atoms with Gasteiger partial charge in [-0.1, -0.05) is 13.3 Å². The molecule has 2 N–H and O–H groups in total. The minimum atomic E-state index is 0.926. The first-order valence-corrected chi connectivity index (χ1v) is 6.90. The van der Waals surface area contributed by atoms with Crippen LogP contribution in [0.25, 0.3) is 0 Å². The van der Waals surface area contributed by atoms with E-state index in [1.165, 1.54) is 31.2 Å². The van der Waals surface area contributed by atoms with Crippen LogP contribution in [0.15, 0.2) is 16.4 Å². The Labute approximate surface area is 101 Å². The number of hydrogen-bond acceptors (Lipinski definition) is 2. The van der Waals surface area contributed by atoms with E-state index in [0.717, 1.165) is 24.1 Å². The molecular weight excluding hydrogens is 218 g/mol. The number of aliphatic imine (C=N–C) groups is 1. The largest absolute Gasteiger partial charge is 0.356 e. The van der Waals surface area contributed by atoms with Crippen molar-refractivity contribution < 1.29 is 0 Å². The second-order valence-corrected chi connectivity index (χ2v) is 4.95. The van der Waals surface area contributed by atoms with Gasteiger partial charge in [-0.25, -0.2) is 4.99 Å². The van der Waals surface area contributed by atoms with Crippen LogP contribution in [0.1, 0.15) is 31.7 Å². The van der Waals surface area contributed by atoms with E-state index in [4.69, 9.17) is 0 Å². The van der Waals surface area contributed by atoms with Crippen LogP contribution < -0.4 is 10.6 Å². The molecule has 88 valence electrons. The molecule has 0 atom stereocenters. The average Bonchev–Trinajstić information content (AvgIpc) is 2.75. The van der Waals surface area contributed by atoms with Gasteiger partial charge >= 0.3 is 0 Å². The van der Waals surface area contributed by atoms with Crippen LogP contribution in [0.5, 0.6) is 0 Å². The molecule has 1 saturated heterocycles. The summed E-state index contributed by atoms with van der Waals surface area (Å²) in [5, 5.41) is 9.85. The average molecular weight is 237 g/mol. The van der Waals surface area contributed by atoms with Gasteiger partial charge in [0.15, 0.2) is 5.96 Å². The van der Waals surface area contributed by atoms with Gasteiger partial charge in [0.25, 0.3) is 0 Å². The van der Waals surface area contributed by atoms with E-state index in [0.29, 0.717) is 0 Å². The Kier molecular flexibility index (Phi) is 4.22. The van der Waals surface area contributed by atoms with Crippen LogP contribution in [-0.4, -0.2) is 19.0 Å².